The van der Waals surface area contributed by atoms with Crippen LogP contribution < -0.4 is 5.32 Å². The molecular formula is C12H21NO3. The molecule has 0 unspecified atom stereocenters. The van der Waals surface area contributed by atoms with Gasteiger partial charge in [0.15, 0.2) is 0 Å². The average molecular weight is 227 g/mol. The lowest BCUT2D eigenvalue weighted by molar-refractivity contribution is -0.144. The Bertz CT molecular complexity index is 236. The van der Waals surface area contributed by atoms with Crippen LogP contribution in [0.4, 0.5) is 0 Å². The minimum atomic E-state index is -0.295. The average Bonchev–Trinajstić information content (AvgIpc) is 2.19. The van der Waals surface area contributed by atoms with Gasteiger partial charge >= 0.3 is 5.97 Å². The topological polar surface area (TPSA) is 55.4 Å². The van der Waals surface area contributed by atoms with Crippen LogP contribution in [-0.4, -0.2) is 25.0 Å². The summed E-state index contributed by atoms with van der Waals surface area (Å²) in [5.41, 5.74) is 0. The second-order valence-corrected chi connectivity index (χ2v) is 4.24. The Hall–Kier alpha value is -1.06. The monoisotopic (exact) mass is 227 g/mol. The van der Waals surface area contributed by atoms with Crippen molar-refractivity contribution in [2.75, 3.05) is 13.2 Å². The van der Waals surface area contributed by atoms with Crippen molar-refractivity contribution in [3.05, 3.63) is 0 Å². The van der Waals surface area contributed by atoms with Crippen molar-refractivity contribution >= 4 is 11.9 Å². The summed E-state index contributed by atoms with van der Waals surface area (Å²) in [7, 11) is 0. The molecule has 0 aliphatic heterocycles. The second kappa shape index (κ2) is 7.25. The van der Waals surface area contributed by atoms with E-state index < -0.39 is 0 Å². The van der Waals surface area contributed by atoms with Gasteiger partial charge in [-0.3, -0.25) is 9.59 Å². The molecule has 92 valence electrons. The summed E-state index contributed by atoms with van der Waals surface area (Å²) in [6, 6.07) is 0. The molecule has 1 saturated carbocycles. The number of rotatable bonds is 7. The maximum Gasteiger partial charge on any atom is 0.306 e. The lowest BCUT2D eigenvalue weighted by Crippen LogP contribution is -2.27. The van der Waals surface area contributed by atoms with Crippen molar-refractivity contribution in [2.24, 2.45) is 5.92 Å². The summed E-state index contributed by atoms with van der Waals surface area (Å²) >= 11 is 0. The molecule has 4 heteroatoms. The summed E-state index contributed by atoms with van der Waals surface area (Å²) < 4.78 is 4.74. The first-order valence-corrected chi connectivity index (χ1v) is 6.14. The maximum absolute atomic E-state index is 11.3. The van der Waals surface area contributed by atoms with Gasteiger partial charge in [0, 0.05) is 13.0 Å². The molecule has 0 atom stereocenters. The molecule has 1 amide bonds. The Kier molecular flexibility index (Phi) is 5.90. The van der Waals surface area contributed by atoms with E-state index in [1.807, 2.05) is 0 Å². The minimum absolute atomic E-state index is 0.0487. The molecule has 1 rings (SSSR count). The van der Waals surface area contributed by atoms with E-state index in [1.54, 1.807) is 6.92 Å². The highest BCUT2D eigenvalue weighted by Gasteiger charge is 2.16. The van der Waals surface area contributed by atoms with Gasteiger partial charge < -0.3 is 10.1 Å². The van der Waals surface area contributed by atoms with Gasteiger partial charge in [-0.25, -0.2) is 0 Å². The quantitative estimate of drug-likeness (QED) is 0.673. The number of amides is 1. The minimum Gasteiger partial charge on any atom is -0.466 e. The van der Waals surface area contributed by atoms with Crippen LogP contribution >= 0.6 is 0 Å². The molecule has 0 radical (unpaired) electrons. The van der Waals surface area contributed by atoms with E-state index in [-0.39, 0.29) is 24.7 Å². The summed E-state index contributed by atoms with van der Waals surface area (Å²) in [5, 5.41) is 2.83. The van der Waals surface area contributed by atoms with E-state index in [2.05, 4.69) is 5.32 Å². The van der Waals surface area contributed by atoms with Crippen molar-refractivity contribution in [3.8, 4) is 0 Å². The molecule has 0 aromatic rings. The summed E-state index contributed by atoms with van der Waals surface area (Å²) in [4.78, 5) is 22.3. The molecule has 1 aliphatic rings. The van der Waals surface area contributed by atoms with Gasteiger partial charge in [0.25, 0.3) is 0 Å². The summed E-state index contributed by atoms with van der Waals surface area (Å²) in [6.07, 6.45) is 5.44. The molecule has 1 N–H and O–H groups in total. The number of ether oxygens (including phenoxy) is 1. The standard InChI is InChI=1S/C12H21NO3/c1-2-16-12(15)7-6-11(14)13-9-8-10-4-3-5-10/h10H,2-9H2,1H3,(H,13,14). The molecule has 16 heavy (non-hydrogen) atoms. The molecule has 0 aromatic heterocycles. The molecule has 0 heterocycles. The fourth-order valence-corrected chi connectivity index (χ4v) is 1.73. The molecule has 4 nitrogen and oxygen atoms in total. The predicted octanol–water partition coefficient (Wildman–Crippen LogP) is 1.64. The second-order valence-electron chi connectivity index (χ2n) is 4.24. The number of nitrogens with one attached hydrogen (secondary N) is 1. The third-order valence-corrected chi connectivity index (χ3v) is 2.96. The lowest BCUT2D eigenvalue weighted by Gasteiger charge is -2.25. The van der Waals surface area contributed by atoms with Crippen molar-refractivity contribution in [1.29, 1.82) is 0 Å². The molecule has 0 spiro atoms. The SMILES string of the molecule is CCOC(=O)CCC(=O)NCCC1CCC1. The highest BCUT2D eigenvalue weighted by Crippen LogP contribution is 2.28. The Balaban J connectivity index is 1.95. The first kappa shape index (κ1) is 13.0. The number of hydrogen-bond acceptors (Lipinski definition) is 3. The zero-order valence-corrected chi connectivity index (χ0v) is 9.96. The molecule has 0 aromatic carbocycles. The van der Waals surface area contributed by atoms with Gasteiger partial charge in [-0.15, -0.1) is 0 Å². The van der Waals surface area contributed by atoms with Crippen molar-refractivity contribution in [3.63, 3.8) is 0 Å². The zero-order chi connectivity index (χ0) is 11.8. The van der Waals surface area contributed by atoms with Crippen LogP contribution in [0.3, 0.4) is 0 Å². The highest BCUT2D eigenvalue weighted by molar-refractivity contribution is 5.81. The number of carbonyl (C=O) groups is 2. The van der Waals surface area contributed by atoms with Crippen molar-refractivity contribution in [1.82, 2.24) is 5.32 Å². The predicted molar refractivity (Wildman–Crippen MR) is 60.8 cm³/mol. The zero-order valence-electron chi connectivity index (χ0n) is 9.96. The third kappa shape index (κ3) is 5.14. The Labute approximate surface area is 96.7 Å². The maximum atomic E-state index is 11.3. The number of esters is 1. The molecule has 0 bridgehead atoms. The first-order valence-electron chi connectivity index (χ1n) is 6.14. The van der Waals surface area contributed by atoms with E-state index in [1.165, 1.54) is 19.3 Å². The van der Waals surface area contributed by atoms with Gasteiger partial charge in [0.2, 0.25) is 5.91 Å². The largest absolute Gasteiger partial charge is 0.466 e. The van der Waals surface area contributed by atoms with Gasteiger partial charge in [0.05, 0.1) is 13.0 Å². The number of carbonyl (C=O) groups excluding carboxylic acids is 2. The van der Waals surface area contributed by atoms with E-state index in [0.29, 0.717) is 6.61 Å². The van der Waals surface area contributed by atoms with E-state index >= 15 is 0 Å². The highest BCUT2D eigenvalue weighted by atomic mass is 16.5. The smallest absolute Gasteiger partial charge is 0.306 e. The summed E-state index contributed by atoms with van der Waals surface area (Å²) in [5.74, 6) is 0.467. The Morgan fingerprint density at radius 2 is 2.06 bits per heavy atom. The van der Waals surface area contributed by atoms with E-state index in [4.69, 9.17) is 4.74 Å². The van der Waals surface area contributed by atoms with Crippen LogP contribution in [0.1, 0.15) is 45.4 Å². The van der Waals surface area contributed by atoms with E-state index in [9.17, 15) is 9.59 Å². The third-order valence-electron chi connectivity index (χ3n) is 2.96. The fourth-order valence-electron chi connectivity index (χ4n) is 1.73. The van der Waals surface area contributed by atoms with Crippen LogP contribution in [-0.2, 0) is 14.3 Å². The normalized spacial score (nSPS) is 15.3. The number of hydrogen-bond donors (Lipinski definition) is 1. The van der Waals surface area contributed by atoms with Gasteiger partial charge in [-0.2, -0.15) is 0 Å². The van der Waals surface area contributed by atoms with Crippen LogP contribution in [0.2, 0.25) is 0 Å². The molecule has 1 fully saturated rings. The van der Waals surface area contributed by atoms with Crippen LogP contribution in [0.25, 0.3) is 0 Å². The van der Waals surface area contributed by atoms with Gasteiger partial charge in [-0.05, 0) is 19.3 Å². The van der Waals surface area contributed by atoms with E-state index in [0.717, 1.165) is 18.9 Å². The van der Waals surface area contributed by atoms with Crippen molar-refractivity contribution < 1.29 is 14.3 Å². The molecular weight excluding hydrogens is 206 g/mol. The molecule has 0 saturated heterocycles. The lowest BCUT2D eigenvalue weighted by atomic mass is 9.83. The van der Waals surface area contributed by atoms with Crippen LogP contribution in [0.15, 0.2) is 0 Å². The first-order chi connectivity index (χ1) is 7.72. The summed E-state index contributed by atoms with van der Waals surface area (Å²) in [6.45, 7) is 2.88. The Morgan fingerprint density at radius 3 is 2.62 bits per heavy atom. The fraction of sp³-hybridized carbons (Fsp3) is 0.833. The van der Waals surface area contributed by atoms with Gasteiger partial charge in [-0.1, -0.05) is 19.3 Å². The van der Waals surface area contributed by atoms with Crippen molar-refractivity contribution in [2.45, 2.75) is 45.4 Å². The molecule has 1 aliphatic carbocycles. The van der Waals surface area contributed by atoms with Crippen LogP contribution in [0.5, 0.6) is 0 Å². The van der Waals surface area contributed by atoms with Crippen LogP contribution in [0, 0.1) is 5.92 Å². The van der Waals surface area contributed by atoms with Gasteiger partial charge in [0.1, 0.15) is 0 Å². The Morgan fingerprint density at radius 1 is 1.31 bits per heavy atom.